The number of pyridine rings is 1. The highest BCUT2D eigenvalue weighted by atomic mass is 16.4. The van der Waals surface area contributed by atoms with E-state index in [0.29, 0.717) is 11.6 Å². The van der Waals surface area contributed by atoms with Crippen LogP contribution in [0.25, 0.3) is 0 Å². The zero-order chi connectivity index (χ0) is 14.3. The summed E-state index contributed by atoms with van der Waals surface area (Å²) in [6, 6.07) is 3.94. The van der Waals surface area contributed by atoms with Crippen molar-refractivity contribution < 1.29 is 5.21 Å². The first-order valence-electron chi connectivity index (χ1n) is 6.81. The second-order valence-electron chi connectivity index (χ2n) is 4.85. The van der Waals surface area contributed by atoms with Crippen molar-refractivity contribution in [3.8, 4) is 0 Å². The fraction of sp³-hybridized carbons (Fsp3) is 0.571. The second kappa shape index (κ2) is 7.61. The second-order valence-corrected chi connectivity index (χ2v) is 4.85. The quantitative estimate of drug-likeness (QED) is 0.261. The molecule has 5 heteroatoms. The van der Waals surface area contributed by atoms with Gasteiger partial charge in [-0.25, -0.2) is 4.98 Å². The lowest BCUT2D eigenvalue weighted by molar-refractivity contribution is 0.318. The molecule has 1 heterocycles. The molecule has 0 unspecified atom stereocenters. The SMILES string of the molecule is CCCCCN(c1ncccc1C(N)=NO)C(C)C. The maximum atomic E-state index is 8.86. The molecular weight excluding hydrogens is 240 g/mol. The molecule has 0 aliphatic rings. The Morgan fingerprint density at radius 1 is 1.47 bits per heavy atom. The van der Waals surface area contributed by atoms with Crippen molar-refractivity contribution in [2.75, 3.05) is 11.4 Å². The first-order chi connectivity index (χ1) is 9.11. The van der Waals surface area contributed by atoms with Crippen LogP contribution in [-0.4, -0.2) is 28.6 Å². The third-order valence-corrected chi connectivity index (χ3v) is 3.07. The Balaban J connectivity index is 3.02. The molecule has 1 aromatic rings. The minimum atomic E-state index is 0.101. The number of anilines is 1. The van der Waals surface area contributed by atoms with Crippen molar-refractivity contribution in [2.24, 2.45) is 10.9 Å². The van der Waals surface area contributed by atoms with Crippen molar-refractivity contribution in [3.63, 3.8) is 0 Å². The number of hydrogen-bond acceptors (Lipinski definition) is 4. The molecule has 19 heavy (non-hydrogen) atoms. The highest BCUT2D eigenvalue weighted by molar-refractivity contribution is 6.01. The first-order valence-corrected chi connectivity index (χ1v) is 6.81. The van der Waals surface area contributed by atoms with E-state index in [1.54, 1.807) is 12.3 Å². The average Bonchev–Trinajstić information content (AvgIpc) is 2.42. The Labute approximate surface area is 115 Å². The number of nitrogens with zero attached hydrogens (tertiary/aromatic N) is 3. The van der Waals surface area contributed by atoms with E-state index in [4.69, 9.17) is 10.9 Å². The first kappa shape index (κ1) is 15.3. The van der Waals surface area contributed by atoms with Crippen LogP contribution < -0.4 is 10.6 Å². The van der Waals surface area contributed by atoms with E-state index in [1.807, 2.05) is 6.07 Å². The molecule has 5 nitrogen and oxygen atoms in total. The fourth-order valence-corrected chi connectivity index (χ4v) is 2.02. The van der Waals surface area contributed by atoms with Crippen molar-refractivity contribution in [2.45, 2.75) is 46.1 Å². The standard InChI is InChI=1S/C14H24N4O/c1-4-5-6-10-18(11(2)3)14-12(13(15)17-19)8-7-9-16-14/h7-9,11,19H,4-6,10H2,1-3H3,(H2,15,17). The number of rotatable bonds is 7. The summed E-state index contributed by atoms with van der Waals surface area (Å²) in [5.74, 6) is 0.883. The average molecular weight is 264 g/mol. The molecule has 0 spiro atoms. The molecule has 1 aromatic heterocycles. The van der Waals surface area contributed by atoms with E-state index in [9.17, 15) is 0 Å². The zero-order valence-electron chi connectivity index (χ0n) is 12.0. The van der Waals surface area contributed by atoms with E-state index in [1.165, 1.54) is 12.8 Å². The van der Waals surface area contributed by atoms with Gasteiger partial charge < -0.3 is 15.8 Å². The fourth-order valence-electron chi connectivity index (χ4n) is 2.02. The van der Waals surface area contributed by atoms with Gasteiger partial charge in [0.15, 0.2) is 5.84 Å². The molecule has 3 N–H and O–H groups in total. The molecule has 0 amide bonds. The van der Waals surface area contributed by atoms with Crippen molar-refractivity contribution in [1.82, 2.24) is 4.98 Å². The van der Waals surface area contributed by atoms with Gasteiger partial charge in [-0.15, -0.1) is 0 Å². The van der Waals surface area contributed by atoms with Gasteiger partial charge in [0.2, 0.25) is 0 Å². The van der Waals surface area contributed by atoms with Crippen LogP contribution in [0.15, 0.2) is 23.5 Å². The van der Waals surface area contributed by atoms with Crippen molar-refractivity contribution in [1.29, 1.82) is 0 Å². The Morgan fingerprint density at radius 3 is 2.79 bits per heavy atom. The van der Waals surface area contributed by atoms with E-state index >= 15 is 0 Å². The summed E-state index contributed by atoms with van der Waals surface area (Å²) in [7, 11) is 0. The summed E-state index contributed by atoms with van der Waals surface area (Å²) in [5, 5.41) is 11.9. The maximum Gasteiger partial charge on any atom is 0.173 e. The minimum absolute atomic E-state index is 0.101. The minimum Gasteiger partial charge on any atom is -0.409 e. The van der Waals surface area contributed by atoms with Gasteiger partial charge in [0.25, 0.3) is 0 Å². The van der Waals surface area contributed by atoms with E-state index in [2.05, 4.69) is 35.8 Å². The van der Waals surface area contributed by atoms with Crippen molar-refractivity contribution >= 4 is 11.7 Å². The summed E-state index contributed by atoms with van der Waals surface area (Å²) in [4.78, 5) is 6.60. The van der Waals surface area contributed by atoms with Gasteiger partial charge in [-0.05, 0) is 32.4 Å². The molecule has 0 aliphatic carbocycles. The van der Waals surface area contributed by atoms with Crippen LogP contribution in [0.5, 0.6) is 0 Å². The monoisotopic (exact) mass is 264 g/mol. The van der Waals surface area contributed by atoms with Crippen LogP contribution in [0.4, 0.5) is 5.82 Å². The highest BCUT2D eigenvalue weighted by Gasteiger charge is 2.17. The molecule has 0 aromatic carbocycles. The topological polar surface area (TPSA) is 74.7 Å². The zero-order valence-corrected chi connectivity index (χ0v) is 12.0. The number of aromatic nitrogens is 1. The Hall–Kier alpha value is -1.78. The van der Waals surface area contributed by atoms with Crippen LogP contribution in [-0.2, 0) is 0 Å². The summed E-state index contributed by atoms with van der Waals surface area (Å²) < 4.78 is 0. The van der Waals surface area contributed by atoms with Crippen LogP contribution in [0.1, 0.15) is 45.6 Å². The van der Waals surface area contributed by atoms with Gasteiger partial charge in [-0.3, -0.25) is 0 Å². The Bertz CT molecular complexity index is 418. The lowest BCUT2D eigenvalue weighted by atomic mass is 10.1. The van der Waals surface area contributed by atoms with Crippen LogP contribution in [0, 0.1) is 0 Å². The molecular formula is C14H24N4O. The Kier molecular flexibility index (Phi) is 6.12. The largest absolute Gasteiger partial charge is 0.409 e. The molecule has 0 bridgehead atoms. The van der Waals surface area contributed by atoms with Crippen LogP contribution in [0.2, 0.25) is 0 Å². The van der Waals surface area contributed by atoms with Crippen LogP contribution in [0.3, 0.4) is 0 Å². The molecule has 1 rings (SSSR count). The van der Waals surface area contributed by atoms with Gasteiger partial charge in [-0.1, -0.05) is 24.9 Å². The normalized spacial score (nSPS) is 11.9. The van der Waals surface area contributed by atoms with Crippen molar-refractivity contribution in [3.05, 3.63) is 23.9 Å². The van der Waals surface area contributed by atoms with E-state index in [-0.39, 0.29) is 5.84 Å². The third-order valence-electron chi connectivity index (χ3n) is 3.07. The molecule has 106 valence electrons. The molecule has 0 atom stereocenters. The Morgan fingerprint density at radius 2 is 2.21 bits per heavy atom. The molecule has 0 saturated heterocycles. The summed E-state index contributed by atoms with van der Waals surface area (Å²) in [6.45, 7) is 7.35. The van der Waals surface area contributed by atoms with E-state index < -0.39 is 0 Å². The van der Waals surface area contributed by atoms with Gasteiger partial charge in [0.1, 0.15) is 5.82 Å². The number of amidine groups is 1. The molecule has 0 saturated carbocycles. The highest BCUT2D eigenvalue weighted by Crippen LogP contribution is 2.20. The van der Waals surface area contributed by atoms with Gasteiger partial charge in [0.05, 0.1) is 5.56 Å². The molecule has 0 radical (unpaired) electrons. The third kappa shape index (κ3) is 4.12. The number of hydrogen-bond donors (Lipinski definition) is 2. The summed E-state index contributed by atoms with van der Waals surface area (Å²) >= 11 is 0. The number of nitrogens with two attached hydrogens (primary N) is 1. The van der Waals surface area contributed by atoms with Crippen LogP contribution >= 0.6 is 0 Å². The maximum absolute atomic E-state index is 8.86. The molecule has 0 aliphatic heterocycles. The number of unbranched alkanes of at least 4 members (excludes halogenated alkanes) is 2. The van der Waals surface area contributed by atoms with Gasteiger partial charge in [-0.2, -0.15) is 0 Å². The predicted octanol–water partition coefficient (Wildman–Crippen LogP) is 2.58. The lowest BCUT2D eigenvalue weighted by Gasteiger charge is -2.29. The van der Waals surface area contributed by atoms with Gasteiger partial charge >= 0.3 is 0 Å². The summed E-state index contributed by atoms with van der Waals surface area (Å²) in [5.41, 5.74) is 6.40. The predicted molar refractivity (Wildman–Crippen MR) is 78.8 cm³/mol. The number of oxime groups is 1. The smallest absolute Gasteiger partial charge is 0.173 e. The lowest BCUT2D eigenvalue weighted by Crippen LogP contribution is -2.34. The van der Waals surface area contributed by atoms with E-state index in [0.717, 1.165) is 18.8 Å². The molecule has 0 fully saturated rings. The summed E-state index contributed by atoms with van der Waals surface area (Å²) in [6.07, 6.45) is 5.22. The van der Waals surface area contributed by atoms with Gasteiger partial charge in [0, 0.05) is 18.8 Å².